The van der Waals surface area contributed by atoms with Crippen LogP contribution >= 0.6 is 0 Å². The molecule has 6 heteroatoms. The predicted octanol–water partition coefficient (Wildman–Crippen LogP) is 33.2. The van der Waals surface area contributed by atoms with Crippen molar-refractivity contribution in [3.8, 4) is 0 Å². The molecule has 11 aromatic rings. The number of nitrogens with zero attached hydrogens (tertiary/aromatic N) is 3. The molecule has 0 bridgehead atoms. The summed E-state index contributed by atoms with van der Waals surface area (Å²) in [6, 6.07) is 95.9. The van der Waals surface area contributed by atoms with E-state index < -0.39 is 0 Å². The summed E-state index contributed by atoms with van der Waals surface area (Å²) >= 11 is 0. The van der Waals surface area contributed by atoms with Crippen LogP contribution in [-0.2, 0) is 51.7 Å². The molecule has 0 atom stereocenters. The van der Waals surface area contributed by atoms with Gasteiger partial charge >= 0.3 is 25.8 Å². The van der Waals surface area contributed by atoms with E-state index in [1.54, 1.807) is 0 Å². The van der Waals surface area contributed by atoms with Crippen molar-refractivity contribution < 1.29 is 51.7 Å². The maximum absolute atomic E-state index is 5.37. The van der Waals surface area contributed by atoms with Crippen LogP contribution < -0.4 is 5.32 Å². The van der Waals surface area contributed by atoms with Gasteiger partial charge in [-0.2, -0.15) is 172 Å². The van der Waals surface area contributed by atoms with Crippen LogP contribution in [0.5, 0.6) is 0 Å². The van der Waals surface area contributed by atoms with Gasteiger partial charge in [0.15, 0.2) is 0 Å². The number of anilines is 1. The first kappa shape index (κ1) is 103. The van der Waals surface area contributed by atoms with Crippen molar-refractivity contribution in [3.63, 3.8) is 0 Å². The average molecular weight is 1870 g/mol. The third-order valence-electron chi connectivity index (χ3n) is 18.8. The number of nitrogens with one attached hydrogen (secondary N) is 1. The molecule has 0 heterocycles. The number of benzene rings is 11. The molecule has 0 radical (unpaired) electrons. The molecule has 0 aliphatic heterocycles. The summed E-state index contributed by atoms with van der Waals surface area (Å²) in [5.74, 6) is 3.59. The number of hydrogen-bond acceptors (Lipinski definition) is 3. The van der Waals surface area contributed by atoms with Crippen molar-refractivity contribution >= 4 is 34.2 Å². The Hall–Kier alpha value is -9.33. The van der Waals surface area contributed by atoms with Crippen molar-refractivity contribution in [2.24, 2.45) is 9.98 Å². The van der Waals surface area contributed by atoms with Gasteiger partial charge in [0.1, 0.15) is 0 Å². The molecule has 608 valence electrons. The Bertz CT molecular complexity index is 3920. The Labute approximate surface area is 744 Å². The zero-order chi connectivity index (χ0) is 82.6. The van der Waals surface area contributed by atoms with Gasteiger partial charge in [-0.05, 0) is 119 Å². The molecule has 4 nitrogen and oxygen atoms in total. The van der Waals surface area contributed by atoms with Crippen LogP contribution in [0.1, 0.15) is 288 Å². The van der Waals surface area contributed by atoms with Gasteiger partial charge < -0.3 is 10.6 Å². The number of aliphatic imine (C=N–C) groups is 2. The second-order valence-electron chi connectivity index (χ2n) is 31.1. The molecular formula is C110H136Hf2N4-4. The van der Waals surface area contributed by atoms with E-state index in [9.17, 15) is 0 Å². The second-order valence-corrected chi connectivity index (χ2v) is 31.1. The van der Waals surface area contributed by atoms with Crippen LogP contribution in [0.4, 0.5) is 22.7 Å². The van der Waals surface area contributed by atoms with E-state index in [-0.39, 0.29) is 59.1 Å². The number of rotatable bonds is 14. The molecule has 0 amide bonds. The topological polar surface area (TPSA) is 50.9 Å². The molecule has 2 aliphatic rings. The van der Waals surface area contributed by atoms with Crippen LogP contribution in [0.15, 0.2) is 319 Å². The fourth-order valence-corrected chi connectivity index (χ4v) is 12.5. The van der Waals surface area contributed by atoms with Gasteiger partial charge in [-0.1, -0.05) is 257 Å². The minimum Gasteiger partial charge on any atom is -0.656 e. The Morgan fingerprint density at radius 3 is 0.724 bits per heavy atom. The molecule has 2 aliphatic carbocycles. The summed E-state index contributed by atoms with van der Waals surface area (Å²) in [4.78, 5) is 10.7. The maximum Gasteiger partial charge on any atom is 4.00 e. The third-order valence-corrected chi connectivity index (χ3v) is 18.8. The van der Waals surface area contributed by atoms with Crippen molar-refractivity contribution in [1.29, 1.82) is 0 Å². The monoisotopic (exact) mass is 1870 g/mol. The molecule has 1 N–H and O–H groups in total. The fourth-order valence-electron chi connectivity index (χ4n) is 12.5. The normalized spacial score (nSPS) is 12.4. The van der Waals surface area contributed by atoms with E-state index >= 15 is 0 Å². The van der Waals surface area contributed by atoms with Crippen molar-refractivity contribution in [2.45, 2.75) is 204 Å². The number of hydrogen-bond donors (Lipinski definition) is 1. The summed E-state index contributed by atoms with van der Waals surface area (Å²) in [5.41, 5.74) is 27.6. The predicted molar refractivity (Wildman–Crippen MR) is 506 cm³/mol. The van der Waals surface area contributed by atoms with E-state index in [0.717, 1.165) is 100 Å². The van der Waals surface area contributed by atoms with Crippen molar-refractivity contribution in [3.05, 3.63) is 446 Å². The van der Waals surface area contributed by atoms with E-state index in [4.69, 9.17) is 15.3 Å². The van der Waals surface area contributed by atoms with Crippen molar-refractivity contribution in [2.75, 3.05) is 5.32 Å². The Kier molecular flexibility index (Phi) is 50.4. The molecule has 0 unspecified atom stereocenters. The smallest absolute Gasteiger partial charge is 0.656 e. The minimum atomic E-state index is 0. The zero-order valence-electron chi connectivity index (χ0n) is 72.4. The molecule has 13 rings (SSSR count). The van der Waals surface area contributed by atoms with Crippen LogP contribution in [0.2, 0.25) is 0 Å². The van der Waals surface area contributed by atoms with Crippen LogP contribution in [0.25, 0.3) is 5.32 Å². The first-order valence-electron chi connectivity index (χ1n) is 40.8. The third kappa shape index (κ3) is 37.7. The molecular weight excluding hydrogens is 1730 g/mol. The van der Waals surface area contributed by atoms with Gasteiger partial charge in [-0.3, -0.25) is 9.98 Å². The van der Waals surface area contributed by atoms with E-state index in [2.05, 4.69) is 250 Å². The minimum absolute atomic E-state index is 0. The van der Waals surface area contributed by atoms with Gasteiger partial charge in [-0.15, -0.1) is 96.3 Å². The second kappa shape index (κ2) is 56.9. The van der Waals surface area contributed by atoms with E-state index in [1.807, 2.05) is 212 Å². The van der Waals surface area contributed by atoms with Crippen LogP contribution in [0.3, 0.4) is 0 Å². The first-order valence-corrected chi connectivity index (χ1v) is 40.8. The van der Waals surface area contributed by atoms with E-state index in [1.165, 1.54) is 67.3 Å². The van der Waals surface area contributed by atoms with Crippen LogP contribution in [-0.4, -0.2) is 11.4 Å². The molecule has 0 saturated carbocycles. The molecule has 0 aromatic heterocycles. The summed E-state index contributed by atoms with van der Waals surface area (Å²) in [5, 5.41) is 9.20. The van der Waals surface area contributed by atoms with E-state index in [0.29, 0.717) is 47.3 Å². The molecule has 0 saturated heterocycles. The van der Waals surface area contributed by atoms with Crippen molar-refractivity contribution in [1.82, 2.24) is 0 Å². The van der Waals surface area contributed by atoms with Crippen LogP contribution in [0, 0.1) is 48.5 Å². The summed E-state index contributed by atoms with van der Waals surface area (Å²) < 4.78 is 0. The molecule has 116 heavy (non-hydrogen) atoms. The van der Waals surface area contributed by atoms with Gasteiger partial charge in [0.05, 0.1) is 22.8 Å². The largest absolute Gasteiger partial charge is 4.00 e. The molecule has 0 spiro atoms. The molecule has 0 fully saturated rings. The maximum atomic E-state index is 5.37. The Morgan fingerprint density at radius 1 is 0.276 bits per heavy atom. The average Bonchev–Trinajstić information content (AvgIpc) is 0.795. The zero-order valence-corrected chi connectivity index (χ0v) is 79.6. The van der Waals surface area contributed by atoms with Gasteiger partial charge in [0, 0.05) is 37.2 Å². The number of para-hydroxylation sites is 4. The summed E-state index contributed by atoms with van der Waals surface area (Å²) in [6.45, 7) is 62.3. The first-order chi connectivity index (χ1) is 54.2. The Morgan fingerprint density at radius 2 is 0.491 bits per heavy atom. The SMILES string of the molecule is C.CC(C)c1cccc(C(C)C)c1N=C1CCCC=C1Nc1c(C(C)C)cccc1C(C)C.CC(C)c1cccc(C(C)C)c1N=C1CCCC=C1[N-]c1c(C(C)C)cccc1C(C)C.[CH2-]c1ccccc1.[CH2-]c1ccccc1.[CH2-]c1ccccc1.[CH2-]c1ccccc1.[CH2-]c1ccccc1.[CH2-]c1ccccc1.[CH2-]c1ccccc1.[Hf+4].[Hf]. The molecule has 11 aromatic carbocycles. The quantitative estimate of drug-likeness (QED) is 0.0856. The summed E-state index contributed by atoms with van der Waals surface area (Å²) in [7, 11) is 0. The van der Waals surface area contributed by atoms with Gasteiger partial charge in [-0.25, -0.2) is 0 Å². The summed E-state index contributed by atoms with van der Waals surface area (Å²) in [6.07, 6.45) is 11.1. The standard InChI is InChI=1S/C30H42N2.C30H41N2.7C7H7.CH4.2Hf/c2*1-19(2)23-13-11-14-24(20(3)4)29(23)31-27-17-9-10-18-28(27)32-30-25(21(5)6)15-12-16-26(30)22(7)8;7*1-7-5-3-2-4-6-7;;;/h11-17,19-22,31H,9-10,18H2,1-8H3;11-17,19-22H,9-10,18H2,1-8H3;7*2-6H,1H2;1H4;;/q;8*-1;;;+4. The van der Waals surface area contributed by atoms with Gasteiger partial charge in [0.25, 0.3) is 0 Å². The Balaban J connectivity index is 0.000000491. The number of allylic oxidation sites excluding steroid dienone is 4. The van der Waals surface area contributed by atoms with Gasteiger partial charge in [0.2, 0.25) is 0 Å². The fraction of sp³-hybridized carbons (Fsp3) is 0.282.